The largest absolute Gasteiger partial charge is 0.337 e. The molecule has 1 fully saturated rings. The molecule has 1 saturated heterocycles. The summed E-state index contributed by atoms with van der Waals surface area (Å²) in [5.74, 6) is 1.14. The third kappa shape index (κ3) is 3.01. The first-order valence-electron chi connectivity index (χ1n) is 7.68. The Balaban J connectivity index is 1.82. The molecule has 0 spiro atoms. The molecule has 0 bridgehead atoms. The van der Waals surface area contributed by atoms with Crippen molar-refractivity contribution < 1.29 is 9.32 Å². The number of benzene rings is 1. The second kappa shape index (κ2) is 6.70. The van der Waals surface area contributed by atoms with Crippen molar-refractivity contribution in [3.05, 3.63) is 36.2 Å². The van der Waals surface area contributed by atoms with Gasteiger partial charge in [0, 0.05) is 25.1 Å². The molecule has 0 aliphatic carbocycles. The maximum atomic E-state index is 12.2. The Morgan fingerprint density at radius 2 is 2.14 bits per heavy atom. The number of aromatic nitrogens is 2. The van der Waals surface area contributed by atoms with Crippen LogP contribution in [0.5, 0.6) is 0 Å². The smallest absolute Gasteiger partial charge is 0.249 e. The van der Waals surface area contributed by atoms with E-state index < -0.39 is 0 Å². The summed E-state index contributed by atoms with van der Waals surface area (Å²) in [4.78, 5) is 18.5. The highest BCUT2D eigenvalue weighted by atomic mass is 16.5. The number of nitrogens with zero attached hydrogens (tertiary/aromatic N) is 3. The lowest BCUT2D eigenvalue weighted by Gasteiger charge is -2.33. The molecule has 6 heteroatoms. The molecule has 0 saturated carbocycles. The molecule has 2 heterocycles. The molecule has 6 nitrogen and oxygen atoms in total. The predicted molar refractivity (Wildman–Crippen MR) is 81.7 cm³/mol. The van der Waals surface area contributed by atoms with Crippen molar-refractivity contribution in [3.8, 4) is 11.4 Å². The molecule has 116 valence electrons. The van der Waals surface area contributed by atoms with E-state index >= 15 is 0 Å². The van der Waals surface area contributed by atoms with Crippen LogP contribution in [-0.2, 0) is 4.79 Å². The van der Waals surface area contributed by atoms with Crippen LogP contribution in [0.15, 0.2) is 34.9 Å². The van der Waals surface area contributed by atoms with Gasteiger partial charge in [0.1, 0.15) is 6.04 Å². The van der Waals surface area contributed by atoms with Crippen LogP contribution >= 0.6 is 0 Å². The third-order valence-corrected chi connectivity index (χ3v) is 3.94. The molecule has 1 aliphatic rings. The van der Waals surface area contributed by atoms with E-state index in [0.29, 0.717) is 24.7 Å². The van der Waals surface area contributed by atoms with Gasteiger partial charge < -0.3 is 15.2 Å². The fraction of sp³-hybridized carbons (Fsp3) is 0.438. The summed E-state index contributed by atoms with van der Waals surface area (Å²) in [6, 6.07) is 9.56. The van der Waals surface area contributed by atoms with E-state index in [2.05, 4.69) is 10.1 Å². The molecule has 0 radical (unpaired) electrons. The van der Waals surface area contributed by atoms with Crippen molar-refractivity contribution in [1.82, 2.24) is 15.0 Å². The minimum Gasteiger partial charge on any atom is -0.337 e. The van der Waals surface area contributed by atoms with Crippen molar-refractivity contribution in [1.29, 1.82) is 0 Å². The molecule has 1 unspecified atom stereocenters. The topological polar surface area (TPSA) is 85.3 Å². The Hall–Kier alpha value is -2.21. The van der Waals surface area contributed by atoms with E-state index in [1.807, 2.05) is 35.2 Å². The highest BCUT2D eigenvalue weighted by Crippen LogP contribution is 2.31. The maximum absolute atomic E-state index is 12.2. The molecule has 1 aromatic heterocycles. The fourth-order valence-corrected chi connectivity index (χ4v) is 2.83. The van der Waals surface area contributed by atoms with Crippen molar-refractivity contribution in [2.75, 3.05) is 13.1 Å². The Morgan fingerprint density at radius 3 is 2.91 bits per heavy atom. The number of hydrogen-bond donors (Lipinski definition) is 1. The summed E-state index contributed by atoms with van der Waals surface area (Å²) in [7, 11) is 0. The number of carbonyl (C=O) groups is 1. The number of hydrogen-bond acceptors (Lipinski definition) is 5. The van der Waals surface area contributed by atoms with E-state index in [1.165, 1.54) is 0 Å². The van der Waals surface area contributed by atoms with Crippen LogP contribution in [0.25, 0.3) is 11.4 Å². The fourth-order valence-electron chi connectivity index (χ4n) is 2.83. The van der Waals surface area contributed by atoms with Crippen LogP contribution < -0.4 is 5.73 Å². The predicted octanol–water partition coefficient (Wildman–Crippen LogP) is 2.14. The van der Waals surface area contributed by atoms with Crippen molar-refractivity contribution in [2.45, 2.75) is 31.7 Å². The van der Waals surface area contributed by atoms with Crippen LogP contribution in [0.2, 0.25) is 0 Å². The average molecular weight is 300 g/mol. The highest BCUT2D eigenvalue weighted by molar-refractivity contribution is 5.76. The minimum absolute atomic E-state index is 0.0617. The molecular weight excluding hydrogens is 280 g/mol. The Morgan fingerprint density at radius 1 is 1.32 bits per heavy atom. The van der Waals surface area contributed by atoms with Crippen LogP contribution in [0, 0.1) is 0 Å². The van der Waals surface area contributed by atoms with Crippen LogP contribution in [0.4, 0.5) is 0 Å². The lowest BCUT2D eigenvalue weighted by molar-refractivity contribution is -0.135. The Bertz CT molecular complexity index is 626. The van der Waals surface area contributed by atoms with Gasteiger partial charge in [0.2, 0.25) is 17.6 Å². The van der Waals surface area contributed by atoms with E-state index in [9.17, 15) is 4.79 Å². The normalized spacial score (nSPS) is 18.4. The van der Waals surface area contributed by atoms with Crippen molar-refractivity contribution in [3.63, 3.8) is 0 Å². The second-order valence-corrected chi connectivity index (χ2v) is 5.46. The van der Waals surface area contributed by atoms with E-state index in [1.54, 1.807) is 0 Å². The molecule has 1 aromatic carbocycles. The molecule has 22 heavy (non-hydrogen) atoms. The van der Waals surface area contributed by atoms with Crippen molar-refractivity contribution in [2.24, 2.45) is 5.73 Å². The first-order valence-corrected chi connectivity index (χ1v) is 7.68. The third-order valence-electron chi connectivity index (χ3n) is 3.94. The first-order chi connectivity index (χ1) is 10.8. The van der Waals surface area contributed by atoms with Gasteiger partial charge in [0.15, 0.2) is 0 Å². The monoisotopic (exact) mass is 300 g/mol. The summed E-state index contributed by atoms with van der Waals surface area (Å²) < 4.78 is 5.43. The maximum Gasteiger partial charge on any atom is 0.249 e. The molecule has 1 aliphatic heterocycles. The standard InChI is InChI=1S/C16H20N4O2/c17-10-9-14(21)20-11-5-4-8-13(20)16-18-15(19-22-16)12-6-2-1-3-7-12/h1-3,6-7,13H,4-5,8-11,17H2. The van der Waals surface area contributed by atoms with Gasteiger partial charge in [-0.3, -0.25) is 4.79 Å². The quantitative estimate of drug-likeness (QED) is 0.935. The summed E-state index contributed by atoms with van der Waals surface area (Å²) in [5.41, 5.74) is 6.41. The van der Waals surface area contributed by atoms with Gasteiger partial charge in [0.05, 0.1) is 0 Å². The van der Waals surface area contributed by atoms with E-state index in [4.69, 9.17) is 10.3 Å². The number of amides is 1. The Labute approximate surface area is 129 Å². The van der Waals surface area contributed by atoms with Crippen LogP contribution in [0.3, 0.4) is 0 Å². The van der Waals surface area contributed by atoms with Gasteiger partial charge >= 0.3 is 0 Å². The minimum atomic E-state index is -0.127. The summed E-state index contributed by atoms with van der Waals surface area (Å²) in [5, 5.41) is 4.05. The lowest BCUT2D eigenvalue weighted by Crippen LogP contribution is -2.39. The molecular formula is C16H20N4O2. The van der Waals surface area contributed by atoms with E-state index in [0.717, 1.165) is 31.4 Å². The average Bonchev–Trinajstić information content (AvgIpc) is 3.06. The van der Waals surface area contributed by atoms with Gasteiger partial charge in [-0.1, -0.05) is 35.5 Å². The van der Waals surface area contributed by atoms with Crippen LogP contribution in [-0.4, -0.2) is 34.0 Å². The number of likely N-dealkylation sites (tertiary alicyclic amines) is 1. The second-order valence-electron chi connectivity index (χ2n) is 5.46. The molecule has 1 amide bonds. The van der Waals surface area contributed by atoms with E-state index in [-0.39, 0.29) is 11.9 Å². The highest BCUT2D eigenvalue weighted by Gasteiger charge is 2.31. The zero-order valence-electron chi connectivity index (χ0n) is 12.4. The number of rotatable bonds is 4. The molecule has 3 rings (SSSR count). The summed E-state index contributed by atoms with van der Waals surface area (Å²) in [6.45, 7) is 1.09. The molecule has 2 aromatic rings. The summed E-state index contributed by atoms with van der Waals surface area (Å²) >= 11 is 0. The van der Waals surface area contributed by atoms with Gasteiger partial charge in [-0.15, -0.1) is 0 Å². The zero-order valence-corrected chi connectivity index (χ0v) is 12.4. The SMILES string of the molecule is NCCC(=O)N1CCCCC1c1nc(-c2ccccc2)no1. The van der Waals surface area contributed by atoms with Gasteiger partial charge in [0.25, 0.3) is 0 Å². The molecule has 2 N–H and O–H groups in total. The van der Waals surface area contributed by atoms with Crippen LogP contribution in [0.1, 0.15) is 37.6 Å². The number of carbonyl (C=O) groups excluding carboxylic acids is 1. The first kappa shape index (κ1) is 14.7. The zero-order chi connectivity index (χ0) is 15.4. The number of nitrogens with two attached hydrogens (primary N) is 1. The number of piperidine rings is 1. The van der Waals surface area contributed by atoms with Gasteiger partial charge in [-0.05, 0) is 19.3 Å². The van der Waals surface area contributed by atoms with Gasteiger partial charge in [-0.2, -0.15) is 4.98 Å². The molecule has 1 atom stereocenters. The lowest BCUT2D eigenvalue weighted by atomic mass is 10.0. The summed E-state index contributed by atoms with van der Waals surface area (Å²) in [6.07, 6.45) is 3.27. The van der Waals surface area contributed by atoms with Crippen molar-refractivity contribution >= 4 is 5.91 Å². The van der Waals surface area contributed by atoms with Gasteiger partial charge in [-0.25, -0.2) is 0 Å². The Kier molecular flexibility index (Phi) is 4.48.